The molecule has 0 aliphatic rings. The number of nitrogens with one attached hydrogen (secondary N) is 1. The van der Waals surface area contributed by atoms with Crippen molar-refractivity contribution in [2.75, 3.05) is 11.1 Å². The van der Waals surface area contributed by atoms with Crippen LogP contribution in [-0.2, 0) is 24.4 Å². The molecule has 0 bridgehead atoms. The minimum absolute atomic E-state index is 0.146. The zero-order chi connectivity index (χ0) is 20.8. The maximum absolute atomic E-state index is 12.2. The lowest BCUT2D eigenvalue weighted by Gasteiger charge is -2.11. The molecule has 3 aromatic rings. The van der Waals surface area contributed by atoms with Crippen molar-refractivity contribution < 1.29 is 9.53 Å². The van der Waals surface area contributed by atoms with Crippen LogP contribution in [0.15, 0.2) is 23.4 Å². The van der Waals surface area contributed by atoms with Crippen LogP contribution < -0.4 is 10.1 Å². The van der Waals surface area contributed by atoms with Crippen LogP contribution in [0.25, 0.3) is 0 Å². The molecule has 10 heteroatoms. The minimum atomic E-state index is -0.146. The molecular formula is C19H24N6O2S2. The van der Waals surface area contributed by atoms with E-state index >= 15 is 0 Å². The standard InChI is InChI=1S/C19H24N6O2S2/c1-5-17-22-23-18(29-17)20-16(26)11-28-19-24-21-15(25(19)6-2)10-27-14-8-7-12(3)9-13(14)4/h7-9H,5-6,10-11H2,1-4H3,(H,20,23,26). The summed E-state index contributed by atoms with van der Waals surface area (Å²) in [7, 11) is 0. The summed E-state index contributed by atoms with van der Waals surface area (Å²) in [6, 6.07) is 6.07. The number of rotatable bonds is 9. The summed E-state index contributed by atoms with van der Waals surface area (Å²) < 4.78 is 7.89. The average molecular weight is 433 g/mol. The molecule has 0 spiro atoms. The van der Waals surface area contributed by atoms with Crippen LogP contribution in [0.5, 0.6) is 5.75 Å². The molecule has 29 heavy (non-hydrogen) atoms. The number of aromatic nitrogens is 5. The van der Waals surface area contributed by atoms with Gasteiger partial charge in [0.2, 0.25) is 11.0 Å². The van der Waals surface area contributed by atoms with E-state index in [-0.39, 0.29) is 11.7 Å². The number of hydrogen-bond donors (Lipinski definition) is 1. The van der Waals surface area contributed by atoms with Crippen molar-refractivity contribution in [2.45, 2.75) is 52.4 Å². The first-order valence-corrected chi connectivity index (χ1v) is 11.2. The number of thioether (sulfide) groups is 1. The molecule has 0 saturated carbocycles. The van der Waals surface area contributed by atoms with Gasteiger partial charge in [0.05, 0.1) is 5.75 Å². The van der Waals surface area contributed by atoms with Gasteiger partial charge in [-0.1, -0.05) is 47.7 Å². The van der Waals surface area contributed by atoms with Crippen molar-refractivity contribution in [1.82, 2.24) is 25.0 Å². The van der Waals surface area contributed by atoms with Gasteiger partial charge in [-0.2, -0.15) is 0 Å². The van der Waals surface area contributed by atoms with E-state index in [4.69, 9.17) is 4.74 Å². The highest BCUT2D eigenvalue weighted by Gasteiger charge is 2.15. The normalized spacial score (nSPS) is 10.9. The quantitative estimate of drug-likeness (QED) is 0.516. The first kappa shape index (κ1) is 21.3. The Morgan fingerprint density at radius 3 is 2.72 bits per heavy atom. The second-order valence-corrected chi connectivity index (χ2v) is 8.40. The van der Waals surface area contributed by atoms with E-state index in [1.807, 2.05) is 37.5 Å². The van der Waals surface area contributed by atoms with Crippen LogP contribution >= 0.6 is 23.1 Å². The molecule has 0 fully saturated rings. The number of benzene rings is 1. The smallest absolute Gasteiger partial charge is 0.236 e. The summed E-state index contributed by atoms with van der Waals surface area (Å²) in [5.74, 6) is 1.63. The van der Waals surface area contributed by atoms with E-state index in [2.05, 4.69) is 38.7 Å². The van der Waals surface area contributed by atoms with Crippen molar-refractivity contribution in [3.8, 4) is 5.75 Å². The van der Waals surface area contributed by atoms with Crippen LogP contribution in [0.4, 0.5) is 5.13 Å². The molecular weight excluding hydrogens is 408 g/mol. The van der Waals surface area contributed by atoms with E-state index in [1.165, 1.54) is 28.7 Å². The van der Waals surface area contributed by atoms with Crippen molar-refractivity contribution in [1.29, 1.82) is 0 Å². The third kappa shape index (κ3) is 5.54. The number of aryl methyl sites for hydroxylation is 3. The SMILES string of the molecule is CCc1nnc(NC(=O)CSc2nnc(COc3ccc(C)cc3C)n2CC)s1. The van der Waals surface area contributed by atoms with Gasteiger partial charge in [0, 0.05) is 6.54 Å². The Morgan fingerprint density at radius 2 is 2.03 bits per heavy atom. The number of ether oxygens (including phenoxy) is 1. The number of nitrogens with zero attached hydrogens (tertiary/aromatic N) is 5. The zero-order valence-electron chi connectivity index (χ0n) is 16.9. The highest BCUT2D eigenvalue weighted by atomic mass is 32.2. The van der Waals surface area contributed by atoms with E-state index < -0.39 is 0 Å². The minimum Gasteiger partial charge on any atom is -0.485 e. The predicted molar refractivity (Wildman–Crippen MR) is 115 cm³/mol. The molecule has 8 nitrogen and oxygen atoms in total. The van der Waals surface area contributed by atoms with Crippen LogP contribution in [0, 0.1) is 13.8 Å². The van der Waals surface area contributed by atoms with Gasteiger partial charge in [-0.25, -0.2) is 0 Å². The summed E-state index contributed by atoms with van der Waals surface area (Å²) in [6.07, 6.45) is 0.800. The largest absolute Gasteiger partial charge is 0.485 e. The molecule has 0 saturated heterocycles. The Labute approximate surface area is 178 Å². The highest BCUT2D eigenvalue weighted by molar-refractivity contribution is 7.99. The Hall–Kier alpha value is -2.46. The fraction of sp³-hybridized carbons (Fsp3) is 0.421. The maximum Gasteiger partial charge on any atom is 0.236 e. The predicted octanol–water partition coefficient (Wildman–Crippen LogP) is 3.64. The fourth-order valence-electron chi connectivity index (χ4n) is 2.69. The molecule has 0 unspecified atom stereocenters. The summed E-state index contributed by atoms with van der Waals surface area (Å²) in [4.78, 5) is 12.2. The van der Waals surface area contributed by atoms with Gasteiger partial charge in [-0.05, 0) is 38.8 Å². The Balaban J connectivity index is 1.57. The number of carbonyl (C=O) groups excluding carboxylic acids is 1. The molecule has 1 N–H and O–H groups in total. The van der Waals surface area contributed by atoms with E-state index in [1.54, 1.807) is 0 Å². The van der Waals surface area contributed by atoms with Gasteiger partial charge in [0.1, 0.15) is 17.4 Å². The molecule has 0 atom stereocenters. The van der Waals surface area contributed by atoms with Gasteiger partial charge >= 0.3 is 0 Å². The molecule has 1 aromatic carbocycles. The summed E-state index contributed by atoms with van der Waals surface area (Å²) in [5, 5.41) is 21.3. The number of carbonyl (C=O) groups is 1. The molecule has 3 rings (SSSR count). The molecule has 0 aliphatic carbocycles. The van der Waals surface area contributed by atoms with Gasteiger partial charge in [0.15, 0.2) is 11.0 Å². The summed E-state index contributed by atoms with van der Waals surface area (Å²) in [5.41, 5.74) is 2.28. The summed E-state index contributed by atoms with van der Waals surface area (Å²) in [6.45, 7) is 9.11. The van der Waals surface area contributed by atoms with Gasteiger partial charge in [-0.15, -0.1) is 20.4 Å². The number of anilines is 1. The maximum atomic E-state index is 12.2. The van der Waals surface area contributed by atoms with Crippen molar-refractivity contribution in [3.63, 3.8) is 0 Å². The second kappa shape index (κ2) is 9.84. The van der Waals surface area contributed by atoms with Crippen molar-refractivity contribution >= 4 is 34.1 Å². The lowest BCUT2D eigenvalue weighted by molar-refractivity contribution is -0.113. The van der Waals surface area contributed by atoms with E-state index in [0.29, 0.717) is 23.4 Å². The van der Waals surface area contributed by atoms with Gasteiger partial charge < -0.3 is 9.30 Å². The third-order valence-electron chi connectivity index (χ3n) is 4.14. The number of hydrogen-bond acceptors (Lipinski definition) is 8. The van der Waals surface area contributed by atoms with Crippen molar-refractivity contribution in [3.05, 3.63) is 40.2 Å². The topological polar surface area (TPSA) is 94.8 Å². The molecule has 0 aliphatic heterocycles. The third-order valence-corrected chi connectivity index (χ3v) is 6.09. The van der Waals surface area contributed by atoms with Crippen LogP contribution in [-0.4, -0.2) is 36.6 Å². The number of amides is 1. The van der Waals surface area contributed by atoms with Crippen LogP contribution in [0.2, 0.25) is 0 Å². The first-order chi connectivity index (χ1) is 14.0. The molecule has 0 radical (unpaired) electrons. The lowest BCUT2D eigenvalue weighted by Crippen LogP contribution is -2.14. The molecule has 154 valence electrons. The van der Waals surface area contributed by atoms with E-state index in [0.717, 1.165) is 28.6 Å². The average Bonchev–Trinajstić information content (AvgIpc) is 3.31. The zero-order valence-corrected chi connectivity index (χ0v) is 18.6. The lowest BCUT2D eigenvalue weighted by atomic mass is 10.1. The van der Waals surface area contributed by atoms with Crippen molar-refractivity contribution in [2.24, 2.45) is 0 Å². The monoisotopic (exact) mass is 432 g/mol. The Morgan fingerprint density at radius 1 is 1.21 bits per heavy atom. The summed E-state index contributed by atoms with van der Waals surface area (Å²) >= 11 is 2.73. The van der Waals surface area contributed by atoms with Gasteiger partial charge in [0.25, 0.3) is 0 Å². The molecule has 2 heterocycles. The second-order valence-electron chi connectivity index (χ2n) is 6.39. The molecule has 2 aromatic heterocycles. The van der Waals surface area contributed by atoms with Crippen LogP contribution in [0.1, 0.15) is 35.8 Å². The molecule has 1 amide bonds. The Kier molecular flexibility index (Phi) is 7.21. The fourth-order valence-corrected chi connectivity index (χ4v) is 4.20. The highest BCUT2D eigenvalue weighted by Crippen LogP contribution is 2.22. The Bertz CT molecular complexity index is 985. The van der Waals surface area contributed by atoms with E-state index in [9.17, 15) is 4.79 Å². The van der Waals surface area contributed by atoms with Crippen LogP contribution in [0.3, 0.4) is 0 Å². The van der Waals surface area contributed by atoms with Gasteiger partial charge in [-0.3, -0.25) is 10.1 Å². The first-order valence-electron chi connectivity index (χ1n) is 9.37.